The first kappa shape index (κ1) is 19.9. The summed E-state index contributed by atoms with van der Waals surface area (Å²) in [6.07, 6.45) is 0.715. The van der Waals surface area contributed by atoms with Crippen LogP contribution in [0.5, 0.6) is 0 Å². The van der Waals surface area contributed by atoms with E-state index in [0.717, 1.165) is 16.7 Å². The van der Waals surface area contributed by atoms with Gasteiger partial charge in [-0.3, -0.25) is 4.79 Å². The van der Waals surface area contributed by atoms with Crippen LogP contribution in [0.25, 0.3) is 0 Å². The van der Waals surface area contributed by atoms with E-state index in [1.54, 1.807) is 17.0 Å². The number of carbonyl (C=O) groups excluding carboxylic acids is 2. The maximum absolute atomic E-state index is 12.5. The fraction of sp³-hybridized carbons (Fsp3) is 0.364. The third kappa shape index (κ3) is 4.17. The van der Waals surface area contributed by atoms with Crippen molar-refractivity contribution in [3.8, 4) is 0 Å². The van der Waals surface area contributed by atoms with Crippen molar-refractivity contribution < 1.29 is 14.7 Å². The van der Waals surface area contributed by atoms with Gasteiger partial charge in [0.1, 0.15) is 0 Å². The van der Waals surface area contributed by atoms with E-state index in [1.165, 1.54) is 0 Å². The van der Waals surface area contributed by atoms with Gasteiger partial charge in [-0.15, -0.1) is 0 Å². The second-order valence-corrected chi connectivity index (χ2v) is 7.67. The molecule has 0 aliphatic carbocycles. The Hall–Kier alpha value is -2.86. The normalized spacial score (nSPS) is 16.7. The van der Waals surface area contributed by atoms with Crippen LogP contribution in [0.1, 0.15) is 53.4 Å². The molecule has 1 unspecified atom stereocenters. The minimum atomic E-state index is -0.470. The molecule has 0 saturated heterocycles. The number of primary amides is 1. The van der Waals surface area contributed by atoms with E-state index in [9.17, 15) is 14.7 Å². The van der Waals surface area contributed by atoms with E-state index in [2.05, 4.69) is 5.32 Å². The van der Waals surface area contributed by atoms with Crippen LogP contribution in [0.4, 0.5) is 4.79 Å². The molecule has 2 aromatic carbocycles. The molecule has 0 bridgehead atoms. The van der Waals surface area contributed by atoms with Crippen molar-refractivity contribution in [1.29, 1.82) is 0 Å². The summed E-state index contributed by atoms with van der Waals surface area (Å²) in [5, 5.41) is 12.3. The summed E-state index contributed by atoms with van der Waals surface area (Å²) in [5.74, 6) is 0.159. The van der Waals surface area contributed by atoms with Crippen LogP contribution in [0.2, 0.25) is 0 Å². The smallest absolute Gasteiger partial charge is 0.315 e. The lowest BCUT2D eigenvalue weighted by molar-refractivity contribution is 0.0908. The monoisotopic (exact) mass is 381 g/mol. The molecule has 148 valence electrons. The third-order valence-electron chi connectivity index (χ3n) is 5.09. The summed E-state index contributed by atoms with van der Waals surface area (Å²) < 4.78 is 0. The molecule has 2 atom stereocenters. The molecule has 1 heterocycles. The summed E-state index contributed by atoms with van der Waals surface area (Å²) in [7, 11) is 0. The molecule has 28 heavy (non-hydrogen) atoms. The molecule has 4 N–H and O–H groups in total. The Morgan fingerprint density at radius 3 is 2.46 bits per heavy atom. The Morgan fingerprint density at radius 1 is 1.18 bits per heavy atom. The zero-order chi connectivity index (χ0) is 20.3. The highest BCUT2D eigenvalue weighted by molar-refractivity contribution is 5.94. The number of urea groups is 1. The van der Waals surface area contributed by atoms with Gasteiger partial charge in [-0.25, -0.2) is 4.79 Å². The van der Waals surface area contributed by atoms with E-state index in [1.807, 2.05) is 50.2 Å². The fourth-order valence-electron chi connectivity index (χ4n) is 3.79. The van der Waals surface area contributed by atoms with E-state index >= 15 is 0 Å². The van der Waals surface area contributed by atoms with E-state index in [0.29, 0.717) is 24.4 Å². The minimum Gasteiger partial charge on any atom is -0.394 e. The van der Waals surface area contributed by atoms with Gasteiger partial charge >= 0.3 is 6.03 Å². The first-order chi connectivity index (χ1) is 13.4. The number of carbonyl (C=O) groups is 2. The fourth-order valence-corrected chi connectivity index (χ4v) is 3.79. The van der Waals surface area contributed by atoms with Gasteiger partial charge < -0.3 is 21.1 Å². The van der Waals surface area contributed by atoms with Gasteiger partial charge in [0.2, 0.25) is 0 Å². The molecular weight excluding hydrogens is 354 g/mol. The SMILES string of the molecule is CC(C)C[C@H](CO)NC(=O)c1ccc(C2c3ccccc3CN2C(N)=O)cc1. The Morgan fingerprint density at radius 2 is 1.86 bits per heavy atom. The Bertz CT molecular complexity index is 848. The number of nitrogens with zero attached hydrogens (tertiary/aromatic N) is 1. The lowest BCUT2D eigenvalue weighted by Gasteiger charge is -2.24. The topological polar surface area (TPSA) is 95.7 Å². The largest absolute Gasteiger partial charge is 0.394 e. The highest BCUT2D eigenvalue weighted by Crippen LogP contribution is 2.38. The number of hydrogen-bond donors (Lipinski definition) is 3. The third-order valence-corrected chi connectivity index (χ3v) is 5.09. The predicted octanol–water partition coefficient (Wildman–Crippen LogP) is 2.81. The molecule has 6 nitrogen and oxygen atoms in total. The van der Waals surface area contributed by atoms with Gasteiger partial charge in [-0.05, 0) is 41.2 Å². The van der Waals surface area contributed by atoms with Crippen LogP contribution < -0.4 is 11.1 Å². The van der Waals surface area contributed by atoms with Crippen LogP contribution in [0.15, 0.2) is 48.5 Å². The second kappa shape index (κ2) is 8.44. The highest BCUT2D eigenvalue weighted by Gasteiger charge is 2.33. The quantitative estimate of drug-likeness (QED) is 0.718. The van der Waals surface area contributed by atoms with Crippen LogP contribution in [-0.4, -0.2) is 34.6 Å². The maximum atomic E-state index is 12.5. The number of nitrogens with two attached hydrogens (primary N) is 1. The molecular formula is C22H27N3O3. The van der Waals surface area contributed by atoms with Crippen LogP contribution in [0.3, 0.4) is 0 Å². The van der Waals surface area contributed by atoms with Crippen molar-refractivity contribution >= 4 is 11.9 Å². The second-order valence-electron chi connectivity index (χ2n) is 7.67. The molecule has 3 amide bonds. The minimum absolute atomic E-state index is 0.0889. The lowest BCUT2D eigenvalue weighted by atomic mass is 9.97. The average Bonchev–Trinajstić information content (AvgIpc) is 3.07. The van der Waals surface area contributed by atoms with Crippen molar-refractivity contribution in [2.24, 2.45) is 11.7 Å². The number of hydrogen-bond acceptors (Lipinski definition) is 3. The summed E-state index contributed by atoms with van der Waals surface area (Å²) in [6, 6.07) is 14.1. The molecule has 3 rings (SSSR count). The highest BCUT2D eigenvalue weighted by atomic mass is 16.3. The average molecular weight is 381 g/mol. The summed E-state index contributed by atoms with van der Waals surface area (Å²) in [4.78, 5) is 26.1. The summed E-state index contributed by atoms with van der Waals surface area (Å²) in [6.45, 7) is 4.49. The van der Waals surface area contributed by atoms with E-state index in [-0.39, 0.29) is 24.6 Å². The molecule has 2 aromatic rings. The number of nitrogens with one attached hydrogen (secondary N) is 1. The van der Waals surface area contributed by atoms with Crippen LogP contribution >= 0.6 is 0 Å². The van der Waals surface area contributed by atoms with E-state index in [4.69, 9.17) is 5.73 Å². The van der Waals surface area contributed by atoms with Crippen molar-refractivity contribution in [3.63, 3.8) is 0 Å². The number of fused-ring (bicyclic) bond motifs is 1. The van der Waals surface area contributed by atoms with Gasteiger partial charge in [0.25, 0.3) is 5.91 Å². The molecule has 6 heteroatoms. The van der Waals surface area contributed by atoms with Gasteiger partial charge in [0.05, 0.1) is 18.7 Å². The molecule has 1 aliphatic heterocycles. The van der Waals surface area contributed by atoms with Crippen molar-refractivity contribution in [2.75, 3.05) is 6.61 Å². The predicted molar refractivity (Wildman–Crippen MR) is 108 cm³/mol. The van der Waals surface area contributed by atoms with Gasteiger partial charge in [0, 0.05) is 12.1 Å². The standard InChI is InChI=1S/C22H27N3O3/c1-14(2)11-18(13-26)24-21(27)16-9-7-15(8-10-16)20-19-6-4-3-5-17(19)12-25(20)22(23)28/h3-10,14,18,20,26H,11-13H2,1-2H3,(H2,23,28)(H,24,27)/t18-,20?/m1/s1. The lowest BCUT2D eigenvalue weighted by Crippen LogP contribution is -2.38. The molecule has 0 radical (unpaired) electrons. The molecule has 1 aliphatic rings. The molecule has 0 fully saturated rings. The Kier molecular flexibility index (Phi) is 5.99. The Labute approximate surface area is 165 Å². The summed E-state index contributed by atoms with van der Waals surface area (Å²) in [5.41, 5.74) is 9.14. The number of rotatable bonds is 6. The van der Waals surface area contributed by atoms with Crippen molar-refractivity contribution in [1.82, 2.24) is 10.2 Å². The Balaban J connectivity index is 1.80. The number of aliphatic hydroxyl groups is 1. The first-order valence-corrected chi connectivity index (χ1v) is 9.56. The number of aliphatic hydroxyl groups excluding tert-OH is 1. The van der Waals surface area contributed by atoms with Crippen molar-refractivity contribution in [2.45, 2.75) is 38.9 Å². The maximum Gasteiger partial charge on any atom is 0.315 e. The summed E-state index contributed by atoms with van der Waals surface area (Å²) >= 11 is 0. The van der Waals surface area contributed by atoms with Crippen LogP contribution in [-0.2, 0) is 6.54 Å². The van der Waals surface area contributed by atoms with Gasteiger partial charge in [-0.2, -0.15) is 0 Å². The zero-order valence-electron chi connectivity index (χ0n) is 16.3. The molecule has 0 spiro atoms. The van der Waals surface area contributed by atoms with E-state index < -0.39 is 6.03 Å². The van der Waals surface area contributed by atoms with Gasteiger partial charge in [-0.1, -0.05) is 50.2 Å². The number of benzene rings is 2. The van der Waals surface area contributed by atoms with Gasteiger partial charge in [0.15, 0.2) is 0 Å². The molecule has 0 saturated carbocycles. The zero-order valence-corrected chi connectivity index (χ0v) is 16.3. The number of amides is 3. The molecule has 0 aromatic heterocycles. The first-order valence-electron chi connectivity index (χ1n) is 9.56. The van der Waals surface area contributed by atoms with Crippen molar-refractivity contribution in [3.05, 3.63) is 70.8 Å². The van der Waals surface area contributed by atoms with Crippen LogP contribution in [0, 0.1) is 5.92 Å².